The van der Waals surface area contributed by atoms with Crippen molar-refractivity contribution in [3.63, 3.8) is 0 Å². The van der Waals surface area contributed by atoms with Crippen LogP contribution in [-0.4, -0.2) is 44.9 Å². The van der Waals surface area contributed by atoms with Crippen LogP contribution in [0.25, 0.3) is 0 Å². The molecule has 0 saturated carbocycles. The number of nitrogens with one attached hydrogen (secondary N) is 1. The van der Waals surface area contributed by atoms with Gasteiger partial charge in [-0.25, -0.2) is 8.42 Å². The molecular weight excluding hydrogens is 474 g/mol. The fourth-order valence-electron chi connectivity index (χ4n) is 3.29. The average Bonchev–Trinajstić information content (AvgIpc) is 2.84. The summed E-state index contributed by atoms with van der Waals surface area (Å²) in [6.45, 7) is 2.83. The summed E-state index contributed by atoms with van der Waals surface area (Å²) in [5.41, 5.74) is 0.862. The second kappa shape index (κ2) is 10.9. The van der Waals surface area contributed by atoms with Crippen molar-refractivity contribution in [3.8, 4) is 11.5 Å². The normalized spacial score (nSPS) is 10.9. The van der Waals surface area contributed by atoms with E-state index in [0.717, 1.165) is 17.4 Å². The van der Waals surface area contributed by atoms with Crippen LogP contribution in [0.3, 0.4) is 0 Å². The minimum atomic E-state index is -4.10. The van der Waals surface area contributed by atoms with E-state index in [4.69, 9.17) is 9.47 Å². The summed E-state index contributed by atoms with van der Waals surface area (Å²) >= 11 is 0. The summed E-state index contributed by atoms with van der Waals surface area (Å²) in [5, 5.41) is 11.0. The molecule has 3 aromatic rings. The number of carbonyl (C=O) groups excluding carboxylic acids is 1. The molecule has 0 spiro atoms. The SMILES string of the molecule is CCOc1ccc(CN(C)C(=O)c2ccc(S(=O)(=O)Nc3cc([N+](=O)[O-])ccc3OC)cc2)cc1. The first-order chi connectivity index (χ1) is 16.6. The Morgan fingerprint density at radius 2 is 1.71 bits per heavy atom. The molecule has 10 nitrogen and oxygen atoms in total. The summed E-state index contributed by atoms with van der Waals surface area (Å²) < 4.78 is 38.5. The van der Waals surface area contributed by atoms with E-state index < -0.39 is 14.9 Å². The Labute approximate surface area is 203 Å². The lowest BCUT2D eigenvalue weighted by Gasteiger charge is -2.18. The molecule has 35 heavy (non-hydrogen) atoms. The number of hydrogen-bond donors (Lipinski definition) is 1. The molecule has 184 valence electrons. The van der Waals surface area contributed by atoms with Gasteiger partial charge in [0.1, 0.15) is 11.5 Å². The summed E-state index contributed by atoms with van der Waals surface area (Å²) in [4.78, 5) is 24.6. The third-order valence-electron chi connectivity index (χ3n) is 5.05. The number of benzene rings is 3. The third kappa shape index (κ3) is 6.27. The second-order valence-corrected chi connectivity index (χ2v) is 9.19. The number of anilines is 1. The van der Waals surface area contributed by atoms with Gasteiger partial charge >= 0.3 is 0 Å². The van der Waals surface area contributed by atoms with Crippen LogP contribution in [0.15, 0.2) is 71.6 Å². The van der Waals surface area contributed by atoms with Crippen molar-refractivity contribution in [2.45, 2.75) is 18.4 Å². The predicted molar refractivity (Wildman–Crippen MR) is 130 cm³/mol. The van der Waals surface area contributed by atoms with Crippen molar-refractivity contribution in [3.05, 3.63) is 88.0 Å². The summed E-state index contributed by atoms with van der Waals surface area (Å²) in [5.74, 6) is 0.594. The zero-order valence-corrected chi connectivity index (χ0v) is 20.2. The van der Waals surface area contributed by atoms with Crippen molar-refractivity contribution in [1.29, 1.82) is 0 Å². The van der Waals surface area contributed by atoms with E-state index in [1.807, 2.05) is 31.2 Å². The molecule has 3 aromatic carbocycles. The van der Waals surface area contributed by atoms with Crippen LogP contribution in [0.4, 0.5) is 11.4 Å². The van der Waals surface area contributed by atoms with Gasteiger partial charge in [-0.2, -0.15) is 0 Å². The van der Waals surface area contributed by atoms with Crippen molar-refractivity contribution in [2.24, 2.45) is 0 Å². The molecule has 0 aliphatic rings. The van der Waals surface area contributed by atoms with E-state index in [0.29, 0.717) is 18.7 Å². The Bertz CT molecular complexity index is 1310. The van der Waals surface area contributed by atoms with E-state index in [9.17, 15) is 23.3 Å². The number of amides is 1. The second-order valence-electron chi connectivity index (χ2n) is 7.51. The lowest BCUT2D eigenvalue weighted by Crippen LogP contribution is -2.26. The molecule has 0 radical (unpaired) electrons. The van der Waals surface area contributed by atoms with E-state index in [1.165, 1.54) is 48.4 Å². The molecule has 0 heterocycles. The number of sulfonamides is 1. The smallest absolute Gasteiger partial charge is 0.271 e. The topological polar surface area (TPSA) is 128 Å². The van der Waals surface area contributed by atoms with Gasteiger partial charge < -0.3 is 14.4 Å². The van der Waals surface area contributed by atoms with E-state index in [-0.39, 0.29) is 27.9 Å². The van der Waals surface area contributed by atoms with Crippen LogP contribution in [0, 0.1) is 10.1 Å². The minimum Gasteiger partial charge on any atom is -0.495 e. The van der Waals surface area contributed by atoms with Gasteiger partial charge in [-0.1, -0.05) is 12.1 Å². The maximum Gasteiger partial charge on any atom is 0.271 e. The van der Waals surface area contributed by atoms with Crippen molar-refractivity contribution in [2.75, 3.05) is 25.5 Å². The number of nitrogens with zero attached hydrogens (tertiary/aromatic N) is 2. The van der Waals surface area contributed by atoms with Crippen molar-refractivity contribution < 1.29 is 27.6 Å². The quantitative estimate of drug-likeness (QED) is 0.329. The minimum absolute atomic E-state index is 0.0723. The van der Waals surface area contributed by atoms with Gasteiger partial charge in [0.15, 0.2) is 0 Å². The molecule has 3 rings (SSSR count). The van der Waals surface area contributed by atoms with Gasteiger partial charge in [-0.05, 0) is 55.0 Å². The monoisotopic (exact) mass is 499 g/mol. The first-order valence-corrected chi connectivity index (χ1v) is 12.1. The zero-order chi connectivity index (χ0) is 25.6. The molecule has 0 fully saturated rings. The number of nitro benzene ring substituents is 1. The van der Waals surface area contributed by atoms with Gasteiger partial charge in [0, 0.05) is 31.3 Å². The summed E-state index contributed by atoms with van der Waals surface area (Å²) in [6, 6.07) is 16.4. The highest BCUT2D eigenvalue weighted by Crippen LogP contribution is 2.31. The van der Waals surface area contributed by atoms with E-state index in [1.54, 1.807) is 7.05 Å². The molecule has 1 N–H and O–H groups in total. The first kappa shape index (κ1) is 25.5. The van der Waals surface area contributed by atoms with Gasteiger partial charge in [0.25, 0.3) is 21.6 Å². The highest BCUT2D eigenvalue weighted by atomic mass is 32.2. The van der Waals surface area contributed by atoms with Crippen molar-refractivity contribution in [1.82, 2.24) is 4.90 Å². The predicted octanol–water partition coefficient (Wildman–Crippen LogP) is 4.08. The number of non-ortho nitro benzene ring substituents is 1. The Morgan fingerprint density at radius 3 is 2.29 bits per heavy atom. The summed E-state index contributed by atoms with van der Waals surface area (Å²) in [7, 11) is -1.12. The Morgan fingerprint density at radius 1 is 1.06 bits per heavy atom. The van der Waals surface area contributed by atoms with Gasteiger partial charge in [-0.3, -0.25) is 19.6 Å². The fourth-order valence-corrected chi connectivity index (χ4v) is 4.35. The molecule has 0 unspecified atom stereocenters. The first-order valence-electron chi connectivity index (χ1n) is 10.6. The molecule has 11 heteroatoms. The Balaban J connectivity index is 1.73. The average molecular weight is 500 g/mol. The van der Waals surface area contributed by atoms with Crippen LogP contribution in [-0.2, 0) is 16.6 Å². The molecule has 0 aromatic heterocycles. The third-order valence-corrected chi connectivity index (χ3v) is 6.43. The largest absolute Gasteiger partial charge is 0.495 e. The van der Waals surface area contributed by atoms with E-state index in [2.05, 4.69) is 4.72 Å². The molecule has 0 bridgehead atoms. The number of nitro groups is 1. The molecule has 0 aliphatic carbocycles. The highest BCUT2D eigenvalue weighted by Gasteiger charge is 2.20. The highest BCUT2D eigenvalue weighted by molar-refractivity contribution is 7.92. The molecule has 0 atom stereocenters. The standard InChI is InChI=1S/C24H25N3O7S/c1-4-34-20-10-5-17(6-11-20)16-26(2)24(28)18-7-12-21(13-8-18)35(31,32)25-22-15-19(27(29)30)9-14-23(22)33-3/h5-15,25H,4,16H2,1-3H3. The van der Waals surface area contributed by atoms with E-state index >= 15 is 0 Å². The zero-order valence-electron chi connectivity index (χ0n) is 19.4. The van der Waals surface area contributed by atoms with Gasteiger partial charge in [0.2, 0.25) is 0 Å². The lowest BCUT2D eigenvalue weighted by atomic mass is 10.1. The maximum absolute atomic E-state index is 12.8. The molecule has 1 amide bonds. The van der Waals surface area contributed by atoms with Crippen LogP contribution in [0.1, 0.15) is 22.8 Å². The number of carbonyl (C=O) groups is 1. The van der Waals surface area contributed by atoms with Crippen molar-refractivity contribution >= 4 is 27.3 Å². The fraction of sp³-hybridized carbons (Fsp3) is 0.208. The Hall–Kier alpha value is -4.12. The van der Waals surface area contributed by atoms with Crippen LogP contribution in [0.5, 0.6) is 11.5 Å². The molecular formula is C24H25N3O7S. The van der Waals surface area contributed by atoms with Crippen LogP contribution >= 0.6 is 0 Å². The number of hydrogen-bond acceptors (Lipinski definition) is 7. The summed E-state index contributed by atoms with van der Waals surface area (Å²) in [6.07, 6.45) is 0. The van der Waals surface area contributed by atoms with Gasteiger partial charge in [-0.15, -0.1) is 0 Å². The molecule has 0 aliphatic heterocycles. The van der Waals surface area contributed by atoms with Crippen LogP contribution < -0.4 is 14.2 Å². The Kier molecular flexibility index (Phi) is 7.92. The number of methoxy groups -OCH3 is 1. The van der Waals surface area contributed by atoms with Gasteiger partial charge in [0.05, 0.1) is 29.2 Å². The lowest BCUT2D eigenvalue weighted by molar-refractivity contribution is -0.384. The maximum atomic E-state index is 12.8. The number of rotatable bonds is 10. The number of ether oxygens (including phenoxy) is 2. The van der Waals surface area contributed by atoms with Crippen LogP contribution in [0.2, 0.25) is 0 Å². The molecule has 0 saturated heterocycles.